The maximum atomic E-state index is 14.6. The van der Waals surface area contributed by atoms with Gasteiger partial charge in [-0.3, -0.25) is 9.59 Å². The van der Waals surface area contributed by atoms with Gasteiger partial charge in [0.15, 0.2) is 5.78 Å². The van der Waals surface area contributed by atoms with Crippen LogP contribution in [0.1, 0.15) is 106 Å². The molecule has 0 saturated heterocycles. The summed E-state index contributed by atoms with van der Waals surface area (Å²) >= 11 is 5.27. The summed E-state index contributed by atoms with van der Waals surface area (Å²) in [5.41, 5.74) is 1.29. The number of fused-ring (bicyclic) bond motifs is 7. The molecule has 2 aromatic rings. The summed E-state index contributed by atoms with van der Waals surface area (Å²) in [6.45, 7) is 16.7. The number of allylic oxidation sites excluding steroid dienone is 2. The molecule has 8 heteroatoms. The molecule has 1 heterocycles. The number of benzene rings is 1. The van der Waals surface area contributed by atoms with Crippen LogP contribution >= 0.6 is 32.9 Å². The van der Waals surface area contributed by atoms with Gasteiger partial charge in [0.25, 0.3) is 0 Å². The number of carbonyl (C=O) groups excluding carboxylic acids is 2. The molecule has 0 spiro atoms. The Balaban J connectivity index is 1.06. The zero-order valence-electron chi connectivity index (χ0n) is 30.4. The van der Waals surface area contributed by atoms with Crippen LogP contribution in [-0.4, -0.2) is 36.2 Å². The van der Waals surface area contributed by atoms with Crippen molar-refractivity contribution in [1.29, 1.82) is 0 Å². The van der Waals surface area contributed by atoms with E-state index in [0.717, 1.165) is 77.8 Å². The average molecular weight is 723 g/mol. The zero-order valence-corrected chi connectivity index (χ0v) is 32.8. The van der Waals surface area contributed by atoms with Crippen molar-refractivity contribution in [3.63, 3.8) is 0 Å². The van der Waals surface area contributed by atoms with Crippen LogP contribution in [0.3, 0.4) is 0 Å². The number of rotatable bonds is 6. The molecule has 49 heavy (non-hydrogen) atoms. The van der Waals surface area contributed by atoms with Crippen LogP contribution < -0.4 is 4.74 Å². The number of aliphatic hydroxyl groups is 1. The average Bonchev–Trinajstić information content (AvgIpc) is 3.49. The SMILES string of the molecule is CC1(C(=O)OCCOc2ccc(-c3cc(=S)ss3)cc2)CC[C@]2(C)CCC3(C)C(=CC(=O)C4[C@@]5(C)CC[C@H](O)C(C)(C)C5CC[C@]43C)C2C1. The van der Waals surface area contributed by atoms with E-state index < -0.39 is 5.41 Å². The van der Waals surface area contributed by atoms with Gasteiger partial charge in [-0.1, -0.05) is 80.0 Å². The molecule has 9 atom stereocenters. The number of esters is 1. The number of ketones is 1. The summed E-state index contributed by atoms with van der Waals surface area (Å²) in [7, 11) is 3.28. The van der Waals surface area contributed by atoms with Crippen molar-refractivity contribution in [3.8, 4) is 16.2 Å². The van der Waals surface area contributed by atoms with E-state index in [-0.39, 0.29) is 57.6 Å². The summed E-state index contributed by atoms with van der Waals surface area (Å²) in [5, 5.41) is 11.0. The van der Waals surface area contributed by atoms with Gasteiger partial charge in [0.05, 0.1) is 11.5 Å². The standard InChI is InChI=1S/C41H54O5S3/c1-36(2)31-12-15-41(7)34(39(31,5)14-13-32(36)43)29(42)22-27-28-24-38(4,17-16-37(28,3)18-19-40(27,41)6)35(44)46-21-20-45-26-10-8-25(9-11-26)30-23-33(47)49-48-30/h8-11,22-23,28,31-32,34,43H,12-21,24H2,1-7H3/t28?,31?,32-,34?,37+,38?,39-,40?,41+/m0/s1. The molecule has 1 aromatic carbocycles. The molecule has 0 bridgehead atoms. The van der Waals surface area contributed by atoms with Gasteiger partial charge in [-0.05, 0) is 146 Å². The second-order valence-electron chi connectivity index (χ2n) is 18.1. The van der Waals surface area contributed by atoms with E-state index in [4.69, 9.17) is 21.7 Å². The van der Waals surface area contributed by atoms with Crippen molar-refractivity contribution >= 4 is 44.7 Å². The third kappa shape index (κ3) is 5.47. The molecule has 5 nitrogen and oxygen atoms in total. The Morgan fingerprint density at radius 2 is 1.63 bits per heavy atom. The van der Waals surface area contributed by atoms with Crippen molar-refractivity contribution in [2.75, 3.05) is 13.2 Å². The van der Waals surface area contributed by atoms with E-state index in [1.807, 2.05) is 30.3 Å². The van der Waals surface area contributed by atoms with E-state index >= 15 is 0 Å². The molecule has 5 unspecified atom stereocenters. The maximum absolute atomic E-state index is 14.6. The van der Waals surface area contributed by atoms with E-state index in [2.05, 4.69) is 54.5 Å². The molecule has 4 fully saturated rings. The first-order valence-corrected chi connectivity index (χ1v) is 21.0. The van der Waals surface area contributed by atoms with Gasteiger partial charge in [0.2, 0.25) is 0 Å². The fourth-order valence-electron chi connectivity index (χ4n) is 11.9. The summed E-state index contributed by atoms with van der Waals surface area (Å²) in [5.74, 6) is 1.33. The van der Waals surface area contributed by atoms with Gasteiger partial charge in [-0.2, -0.15) is 0 Å². The van der Waals surface area contributed by atoms with Crippen molar-refractivity contribution in [1.82, 2.24) is 0 Å². The fraction of sp³-hybridized carbons (Fsp3) is 0.683. The molecule has 0 aliphatic heterocycles. The second kappa shape index (κ2) is 12.1. The van der Waals surface area contributed by atoms with Gasteiger partial charge < -0.3 is 14.6 Å². The Morgan fingerprint density at radius 3 is 2.33 bits per heavy atom. The van der Waals surface area contributed by atoms with Crippen LogP contribution in [0.4, 0.5) is 0 Å². The lowest BCUT2D eigenvalue weighted by Gasteiger charge is -2.70. The monoisotopic (exact) mass is 722 g/mol. The highest BCUT2D eigenvalue weighted by atomic mass is 32.9. The molecule has 7 rings (SSSR count). The number of ether oxygens (including phenoxy) is 2. The molecule has 1 aromatic heterocycles. The van der Waals surface area contributed by atoms with Crippen LogP contribution in [-0.2, 0) is 14.3 Å². The van der Waals surface area contributed by atoms with Crippen molar-refractivity contribution in [2.45, 2.75) is 112 Å². The number of hydrogen-bond acceptors (Lipinski definition) is 8. The minimum Gasteiger partial charge on any atom is -0.490 e. The molecule has 4 saturated carbocycles. The second-order valence-corrected chi connectivity index (χ2v) is 21.0. The maximum Gasteiger partial charge on any atom is 0.311 e. The van der Waals surface area contributed by atoms with E-state index in [1.165, 1.54) is 5.57 Å². The summed E-state index contributed by atoms with van der Waals surface area (Å²) in [4.78, 5) is 29.6. The third-order valence-electron chi connectivity index (χ3n) is 15.2. The molecule has 266 valence electrons. The Hall–Kier alpha value is -1.87. The molecule has 0 amide bonds. The Labute approximate surface area is 305 Å². The van der Waals surface area contributed by atoms with Gasteiger partial charge >= 0.3 is 5.97 Å². The predicted molar refractivity (Wildman–Crippen MR) is 200 cm³/mol. The van der Waals surface area contributed by atoms with Crippen molar-refractivity contribution in [2.24, 2.45) is 50.2 Å². The predicted octanol–water partition coefficient (Wildman–Crippen LogP) is 10.5. The quantitative estimate of drug-likeness (QED) is 0.139. The Morgan fingerprint density at radius 1 is 0.918 bits per heavy atom. The molecular weight excluding hydrogens is 669 g/mol. The first-order valence-electron chi connectivity index (χ1n) is 18.4. The van der Waals surface area contributed by atoms with Gasteiger partial charge in [-0.15, -0.1) is 0 Å². The number of hydrogen-bond donors (Lipinski definition) is 1. The summed E-state index contributed by atoms with van der Waals surface area (Å²) in [6, 6.07) is 9.99. The normalized spacial score (nSPS) is 41.0. The minimum absolute atomic E-state index is 0.0457. The van der Waals surface area contributed by atoms with Crippen LogP contribution in [0, 0.1) is 54.1 Å². The first kappa shape index (κ1) is 35.5. The summed E-state index contributed by atoms with van der Waals surface area (Å²) in [6.07, 6.45) is 10.1. The lowest BCUT2D eigenvalue weighted by Crippen LogP contribution is -2.66. The number of carbonyl (C=O) groups is 2. The summed E-state index contributed by atoms with van der Waals surface area (Å²) < 4.78 is 12.8. The topological polar surface area (TPSA) is 72.8 Å². The molecule has 5 aliphatic carbocycles. The lowest BCUT2D eigenvalue weighted by atomic mass is 9.33. The van der Waals surface area contributed by atoms with Crippen LogP contribution in [0.25, 0.3) is 10.4 Å². The van der Waals surface area contributed by atoms with Crippen molar-refractivity contribution in [3.05, 3.63) is 45.8 Å². The highest BCUT2D eigenvalue weighted by Gasteiger charge is 2.70. The van der Waals surface area contributed by atoms with Crippen LogP contribution in [0.15, 0.2) is 42.0 Å². The molecule has 0 radical (unpaired) electrons. The van der Waals surface area contributed by atoms with Crippen LogP contribution in [0.5, 0.6) is 5.75 Å². The van der Waals surface area contributed by atoms with E-state index in [1.54, 1.807) is 20.7 Å². The van der Waals surface area contributed by atoms with Gasteiger partial charge in [0.1, 0.15) is 22.8 Å². The highest BCUT2D eigenvalue weighted by Crippen LogP contribution is 2.75. The Kier molecular flexibility index (Phi) is 8.77. The smallest absolute Gasteiger partial charge is 0.311 e. The van der Waals surface area contributed by atoms with Gasteiger partial charge in [0, 0.05) is 10.8 Å². The first-order chi connectivity index (χ1) is 23.0. The third-order valence-corrected chi connectivity index (χ3v) is 18.1. The zero-order chi connectivity index (χ0) is 35.2. The van der Waals surface area contributed by atoms with Crippen molar-refractivity contribution < 1.29 is 24.2 Å². The molecule has 1 N–H and O–H groups in total. The molecule has 5 aliphatic rings. The fourth-order valence-corrected chi connectivity index (χ4v) is 14.3. The number of aliphatic hydroxyl groups excluding tert-OH is 1. The largest absolute Gasteiger partial charge is 0.490 e. The van der Waals surface area contributed by atoms with E-state index in [9.17, 15) is 14.7 Å². The van der Waals surface area contributed by atoms with Gasteiger partial charge in [-0.25, -0.2) is 0 Å². The lowest BCUT2D eigenvalue weighted by molar-refractivity contribution is -0.202. The minimum atomic E-state index is -0.607. The Bertz CT molecular complexity index is 1720. The van der Waals surface area contributed by atoms with Crippen LogP contribution in [0.2, 0.25) is 0 Å². The molecular formula is C41H54O5S3. The highest BCUT2D eigenvalue weighted by molar-refractivity contribution is 7.80. The van der Waals surface area contributed by atoms with E-state index in [0.29, 0.717) is 18.3 Å².